The van der Waals surface area contributed by atoms with Crippen LogP contribution in [-0.2, 0) is 6.54 Å². The van der Waals surface area contributed by atoms with E-state index >= 15 is 0 Å². The molecule has 24 heavy (non-hydrogen) atoms. The molecule has 2 aromatic carbocycles. The molecule has 0 saturated carbocycles. The molecule has 0 aliphatic rings. The largest absolute Gasteiger partial charge is 0.385 e. The number of hydrogen-bond donors (Lipinski definition) is 2. The Labute approximate surface area is 152 Å². The molecule has 3 nitrogen and oxygen atoms in total. The lowest BCUT2D eigenvalue weighted by Gasteiger charge is -2.20. The molecule has 0 radical (unpaired) electrons. The number of nitrogens with two attached hydrogens (primary N) is 1. The van der Waals surface area contributed by atoms with Crippen LogP contribution in [0.15, 0.2) is 36.4 Å². The minimum atomic E-state index is -0.436. The van der Waals surface area contributed by atoms with Crippen LogP contribution in [0.2, 0.25) is 10.0 Å². The van der Waals surface area contributed by atoms with Gasteiger partial charge in [-0.15, -0.1) is 0 Å². The van der Waals surface area contributed by atoms with E-state index in [2.05, 4.69) is 30.7 Å². The maximum atomic E-state index is 10.5. The van der Waals surface area contributed by atoms with Gasteiger partial charge in [-0.05, 0) is 57.2 Å². The van der Waals surface area contributed by atoms with Crippen LogP contribution in [0.3, 0.4) is 0 Å². The van der Waals surface area contributed by atoms with Crippen molar-refractivity contribution in [1.82, 2.24) is 4.57 Å². The predicted molar refractivity (Wildman–Crippen MR) is 102 cm³/mol. The molecule has 0 aliphatic carbocycles. The molecule has 0 saturated heterocycles. The summed E-state index contributed by atoms with van der Waals surface area (Å²) in [6.45, 7) is 7.63. The minimum Gasteiger partial charge on any atom is -0.385 e. The molecule has 3 N–H and O–H groups in total. The molecule has 3 rings (SSSR count). The van der Waals surface area contributed by atoms with E-state index < -0.39 is 6.10 Å². The summed E-state index contributed by atoms with van der Waals surface area (Å²) in [4.78, 5) is 0. The van der Waals surface area contributed by atoms with Gasteiger partial charge in [0.2, 0.25) is 0 Å². The molecule has 0 aliphatic heterocycles. The number of fused-ring (bicyclic) bond motifs is 3. The zero-order chi connectivity index (χ0) is 17.5. The second-order valence-corrected chi connectivity index (χ2v) is 8.27. The molecule has 5 heteroatoms. The van der Waals surface area contributed by atoms with E-state index in [1.807, 2.05) is 36.4 Å². The fraction of sp³-hybridized carbons (Fsp3) is 0.368. The first-order valence-electron chi connectivity index (χ1n) is 8.14. The summed E-state index contributed by atoms with van der Waals surface area (Å²) in [7, 11) is 0. The normalized spacial score (nSPS) is 13.8. The van der Waals surface area contributed by atoms with E-state index in [4.69, 9.17) is 23.2 Å². The first-order valence-corrected chi connectivity index (χ1v) is 8.90. The Morgan fingerprint density at radius 2 is 1.50 bits per heavy atom. The maximum absolute atomic E-state index is 10.5. The highest BCUT2D eigenvalue weighted by Crippen LogP contribution is 2.32. The van der Waals surface area contributed by atoms with Crippen LogP contribution in [0.5, 0.6) is 0 Å². The van der Waals surface area contributed by atoms with Crippen LogP contribution >= 0.6 is 23.2 Å². The highest BCUT2D eigenvalue weighted by atomic mass is 35.5. The molecule has 0 spiro atoms. The van der Waals surface area contributed by atoms with E-state index in [1.165, 1.54) is 0 Å². The highest BCUT2D eigenvalue weighted by Gasteiger charge is 2.19. The van der Waals surface area contributed by atoms with Gasteiger partial charge < -0.3 is 15.0 Å². The average molecular weight is 366 g/mol. The van der Waals surface area contributed by atoms with Gasteiger partial charge in [0.15, 0.2) is 0 Å². The lowest BCUT2D eigenvalue weighted by molar-refractivity contribution is -0.722. The van der Waals surface area contributed by atoms with Gasteiger partial charge in [-0.3, -0.25) is 0 Å². The Hall–Kier alpha value is -1.26. The van der Waals surface area contributed by atoms with Gasteiger partial charge in [-0.25, -0.2) is 0 Å². The standard InChI is InChI=1S/C19H22Cl2N2O/c1-19(2,3)22-10-14(24)11-23-17-6-4-12(20)8-15(17)16-9-13(21)5-7-18(16)23/h4-9,14,22,24H,10-11H2,1-3H3/p+1. The van der Waals surface area contributed by atoms with Crippen molar-refractivity contribution in [2.24, 2.45) is 0 Å². The molecule has 1 unspecified atom stereocenters. The van der Waals surface area contributed by atoms with E-state index in [1.54, 1.807) is 0 Å². The van der Waals surface area contributed by atoms with Crippen molar-refractivity contribution in [3.8, 4) is 0 Å². The van der Waals surface area contributed by atoms with E-state index in [9.17, 15) is 5.11 Å². The number of nitrogens with zero attached hydrogens (tertiary/aromatic N) is 1. The fourth-order valence-corrected chi connectivity index (χ4v) is 3.36. The number of benzene rings is 2. The van der Waals surface area contributed by atoms with Gasteiger partial charge >= 0.3 is 0 Å². The lowest BCUT2D eigenvalue weighted by Crippen LogP contribution is -2.96. The number of aliphatic hydroxyl groups is 1. The SMILES string of the molecule is CC(C)(C)[NH2+]CC(O)Cn1c2ccc(Cl)cc2c2cc(Cl)ccc21. The van der Waals surface area contributed by atoms with E-state index in [0.717, 1.165) is 21.8 Å². The Morgan fingerprint density at radius 3 is 1.96 bits per heavy atom. The quantitative estimate of drug-likeness (QED) is 0.724. The Balaban J connectivity index is 2.02. The van der Waals surface area contributed by atoms with Crippen LogP contribution in [0.4, 0.5) is 0 Å². The van der Waals surface area contributed by atoms with Crippen LogP contribution in [0, 0.1) is 0 Å². The third kappa shape index (κ3) is 3.70. The zero-order valence-electron chi connectivity index (χ0n) is 14.2. The topological polar surface area (TPSA) is 41.8 Å². The predicted octanol–water partition coefficient (Wildman–Crippen LogP) is 3.82. The molecule has 128 valence electrons. The van der Waals surface area contributed by atoms with Crippen LogP contribution in [0.1, 0.15) is 20.8 Å². The smallest absolute Gasteiger partial charge is 0.121 e. The number of rotatable bonds is 4. The molecular weight excluding hydrogens is 343 g/mol. The van der Waals surface area contributed by atoms with Crippen LogP contribution in [-0.4, -0.2) is 27.9 Å². The molecular formula is C19H23Cl2N2O+. The van der Waals surface area contributed by atoms with Gasteiger partial charge in [0.05, 0.1) is 12.1 Å². The Kier molecular flexibility index (Phi) is 4.80. The summed E-state index contributed by atoms with van der Waals surface area (Å²) in [5.74, 6) is 0. The summed E-state index contributed by atoms with van der Waals surface area (Å²) in [5.41, 5.74) is 2.22. The summed E-state index contributed by atoms with van der Waals surface area (Å²) in [5, 5.41) is 16.2. The van der Waals surface area contributed by atoms with Crippen molar-refractivity contribution in [2.45, 2.75) is 39.0 Å². The van der Waals surface area contributed by atoms with E-state index in [-0.39, 0.29) is 5.54 Å². The summed E-state index contributed by atoms with van der Waals surface area (Å²) in [6.07, 6.45) is -0.436. The number of hydrogen-bond acceptors (Lipinski definition) is 1. The van der Waals surface area contributed by atoms with Crippen LogP contribution < -0.4 is 5.32 Å². The van der Waals surface area contributed by atoms with Crippen LogP contribution in [0.25, 0.3) is 21.8 Å². The molecule has 1 heterocycles. The van der Waals surface area contributed by atoms with Crippen molar-refractivity contribution in [3.05, 3.63) is 46.4 Å². The number of aliphatic hydroxyl groups excluding tert-OH is 1. The highest BCUT2D eigenvalue weighted by molar-refractivity contribution is 6.33. The van der Waals surface area contributed by atoms with Gasteiger partial charge in [0.1, 0.15) is 12.6 Å². The molecule has 3 aromatic rings. The van der Waals surface area contributed by atoms with Gasteiger partial charge in [-0.2, -0.15) is 0 Å². The third-order valence-electron chi connectivity index (χ3n) is 4.18. The lowest BCUT2D eigenvalue weighted by atomic mass is 10.1. The maximum Gasteiger partial charge on any atom is 0.121 e. The third-order valence-corrected chi connectivity index (χ3v) is 4.65. The summed E-state index contributed by atoms with van der Waals surface area (Å²) < 4.78 is 2.15. The van der Waals surface area contributed by atoms with Crippen molar-refractivity contribution >= 4 is 45.0 Å². The molecule has 1 atom stereocenters. The number of aromatic nitrogens is 1. The first-order chi connectivity index (χ1) is 11.2. The number of halogens is 2. The number of quaternary nitrogens is 1. The second-order valence-electron chi connectivity index (χ2n) is 7.39. The van der Waals surface area contributed by atoms with Gasteiger partial charge in [0.25, 0.3) is 0 Å². The Morgan fingerprint density at radius 1 is 1.00 bits per heavy atom. The molecule has 0 bridgehead atoms. The molecule has 0 amide bonds. The second kappa shape index (κ2) is 6.57. The Bertz CT molecular complexity index is 821. The molecule has 0 fully saturated rings. The summed E-state index contributed by atoms with van der Waals surface area (Å²) >= 11 is 12.4. The van der Waals surface area contributed by atoms with Gasteiger partial charge in [-0.1, -0.05) is 23.2 Å². The average Bonchev–Trinajstić information content (AvgIpc) is 2.78. The zero-order valence-corrected chi connectivity index (χ0v) is 15.7. The van der Waals surface area contributed by atoms with E-state index in [0.29, 0.717) is 23.1 Å². The monoisotopic (exact) mass is 365 g/mol. The summed E-state index contributed by atoms with van der Waals surface area (Å²) in [6, 6.07) is 11.7. The molecule has 1 aromatic heterocycles. The van der Waals surface area contributed by atoms with Crippen molar-refractivity contribution in [1.29, 1.82) is 0 Å². The minimum absolute atomic E-state index is 0.100. The van der Waals surface area contributed by atoms with Gasteiger partial charge in [0, 0.05) is 31.9 Å². The van der Waals surface area contributed by atoms with Crippen molar-refractivity contribution in [3.63, 3.8) is 0 Å². The first kappa shape index (κ1) is 17.6. The van der Waals surface area contributed by atoms with Crippen molar-refractivity contribution < 1.29 is 10.4 Å². The fourth-order valence-electron chi connectivity index (χ4n) is 3.02. The van der Waals surface area contributed by atoms with Crippen molar-refractivity contribution in [2.75, 3.05) is 6.54 Å².